The number of hydrogen-bond acceptors (Lipinski definition) is 7. The zero-order valence-electron chi connectivity index (χ0n) is 16.2. The lowest BCUT2D eigenvalue weighted by molar-refractivity contribution is -0.147. The zero-order chi connectivity index (χ0) is 20.5. The summed E-state index contributed by atoms with van der Waals surface area (Å²) in [6.45, 7) is 5.65. The second-order valence-corrected chi connectivity index (χ2v) is 6.02. The van der Waals surface area contributed by atoms with Crippen molar-refractivity contribution in [3.05, 3.63) is 41.3 Å². The van der Waals surface area contributed by atoms with E-state index in [0.717, 1.165) is 0 Å². The summed E-state index contributed by atoms with van der Waals surface area (Å²) < 4.78 is 15.5. The summed E-state index contributed by atoms with van der Waals surface area (Å²) in [5.41, 5.74) is 1.88. The molecular weight excluding hydrogens is 362 g/mol. The molecule has 8 heteroatoms. The predicted octanol–water partition coefficient (Wildman–Crippen LogP) is 2.72. The average molecular weight is 385 g/mol. The molecule has 1 aromatic carbocycles. The SMILES string of the molecule is CCOc1ccc(N(CCC#N)C(=O)COC(=O)Cc2c(C)noc2C)cc1. The highest BCUT2D eigenvalue weighted by atomic mass is 16.5. The van der Waals surface area contributed by atoms with Crippen molar-refractivity contribution in [2.45, 2.75) is 33.6 Å². The molecule has 1 aromatic heterocycles. The number of aromatic nitrogens is 1. The average Bonchev–Trinajstić information content (AvgIpc) is 3.00. The molecule has 0 bridgehead atoms. The van der Waals surface area contributed by atoms with E-state index in [4.69, 9.17) is 19.3 Å². The summed E-state index contributed by atoms with van der Waals surface area (Å²) in [4.78, 5) is 26.1. The van der Waals surface area contributed by atoms with Crippen LogP contribution in [0.5, 0.6) is 5.75 Å². The molecular formula is C20H23N3O5. The van der Waals surface area contributed by atoms with E-state index in [0.29, 0.717) is 35.1 Å². The molecule has 0 aliphatic carbocycles. The first-order valence-corrected chi connectivity index (χ1v) is 8.93. The van der Waals surface area contributed by atoms with Crippen molar-refractivity contribution in [1.82, 2.24) is 5.16 Å². The Hall–Kier alpha value is -3.34. The van der Waals surface area contributed by atoms with E-state index in [2.05, 4.69) is 5.16 Å². The summed E-state index contributed by atoms with van der Waals surface area (Å²) in [6.07, 6.45) is 0.141. The highest BCUT2D eigenvalue weighted by Crippen LogP contribution is 2.20. The highest BCUT2D eigenvalue weighted by Gasteiger charge is 2.19. The maximum absolute atomic E-state index is 12.6. The number of hydrogen-bond donors (Lipinski definition) is 0. The number of carbonyl (C=O) groups is 2. The van der Waals surface area contributed by atoms with Crippen LogP contribution in [0.3, 0.4) is 0 Å². The maximum Gasteiger partial charge on any atom is 0.310 e. The minimum Gasteiger partial charge on any atom is -0.494 e. The van der Waals surface area contributed by atoms with Crippen LogP contribution in [-0.2, 0) is 20.7 Å². The summed E-state index contributed by atoms with van der Waals surface area (Å²) in [6, 6.07) is 8.96. The van der Waals surface area contributed by atoms with Crippen LogP contribution in [0, 0.1) is 25.2 Å². The van der Waals surface area contributed by atoms with Gasteiger partial charge in [-0.2, -0.15) is 5.26 Å². The van der Waals surface area contributed by atoms with E-state index >= 15 is 0 Å². The molecule has 0 fully saturated rings. The number of nitrogens with zero attached hydrogens (tertiary/aromatic N) is 3. The Morgan fingerprint density at radius 1 is 1.25 bits per heavy atom. The number of aryl methyl sites for hydroxylation is 2. The molecule has 0 radical (unpaired) electrons. The lowest BCUT2D eigenvalue weighted by Gasteiger charge is -2.22. The van der Waals surface area contributed by atoms with Crippen molar-refractivity contribution < 1.29 is 23.6 Å². The van der Waals surface area contributed by atoms with Crippen molar-refractivity contribution in [3.8, 4) is 11.8 Å². The topological polar surface area (TPSA) is 106 Å². The van der Waals surface area contributed by atoms with Gasteiger partial charge in [0.1, 0.15) is 11.5 Å². The van der Waals surface area contributed by atoms with Gasteiger partial charge in [-0.15, -0.1) is 0 Å². The Balaban J connectivity index is 2.00. The van der Waals surface area contributed by atoms with Crippen LogP contribution in [0.2, 0.25) is 0 Å². The first-order chi connectivity index (χ1) is 13.5. The van der Waals surface area contributed by atoms with Crippen molar-refractivity contribution in [2.75, 3.05) is 24.7 Å². The van der Waals surface area contributed by atoms with Crippen molar-refractivity contribution in [1.29, 1.82) is 5.26 Å². The van der Waals surface area contributed by atoms with Gasteiger partial charge in [-0.1, -0.05) is 5.16 Å². The van der Waals surface area contributed by atoms with Gasteiger partial charge in [-0.05, 0) is 45.0 Å². The maximum atomic E-state index is 12.6. The van der Waals surface area contributed by atoms with E-state index in [1.54, 1.807) is 38.1 Å². The summed E-state index contributed by atoms with van der Waals surface area (Å²) >= 11 is 0. The molecule has 2 aromatic rings. The van der Waals surface area contributed by atoms with Crippen LogP contribution in [-0.4, -0.2) is 36.8 Å². The van der Waals surface area contributed by atoms with Crippen molar-refractivity contribution >= 4 is 17.6 Å². The molecule has 8 nitrogen and oxygen atoms in total. The van der Waals surface area contributed by atoms with Gasteiger partial charge < -0.3 is 18.9 Å². The molecule has 2 rings (SSSR count). The fourth-order valence-corrected chi connectivity index (χ4v) is 2.62. The lowest BCUT2D eigenvalue weighted by atomic mass is 10.1. The Bertz CT molecular complexity index is 832. The molecule has 0 N–H and O–H groups in total. The minimum absolute atomic E-state index is 0.0182. The number of carbonyl (C=O) groups excluding carboxylic acids is 2. The van der Waals surface area contributed by atoms with Crippen molar-refractivity contribution in [2.24, 2.45) is 0 Å². The van der Waals surface area contributed by atoms with E-state index in [9.17, 15) is 9.59 Å². The number of ether oxygens (including phenoxy) is 2. The molecule has 0 aliphatic heterocycles. The molecule has 0 saturated heterocycles. The van der Waals surface area contributed by atoms with Crippen molar-refractivity contribution in [3.63, 3.8) is 0 Å². The van der Waals surface area contributed by atoms with Gasteiger partial charge in [-0.3, -0.25) is 9.59 Å². The first kappa shape index (κ1) is 21.0. The quantitative estimate of drug-likeness (QED) is 0.611. The Labute approximate surface area is 163 Å². The number of rotatable bonds is 9. The number of amides is 1. The standard InChI is InChI=1S/C20H23N3O5/c1-4-26-17-8-6-16(7-9-17)23(11-5-10-21)19(24)13-27-20(25)12-18-14(2)22-28-15(18)3/h6-9H,4-5,11-13H2,1-3H3. The van der Waals surface area contributed by atoms with E-state index < -0.39 is 18.5 Å². The van der Waals surface area contributed by atoms with Crippen LogP contribution >= 0.6 is 0 Å². The molecule has 0 spiro atoms. The third kappa shape index (κ3) is 5.58. The largest absolute Gasteiger partial charge is 0.494 e. The van der Waals surface area contributed by atoms with Gasteiger partial charge in [-0.25, -0.2) is 0 Å². The number of benzene rings is 1. The van der Waals surface area contributed by atoms with Gasteiger partial charge in [0.25, 0.3) is 5.91 Å². The van der Waals surface area contributed by atoms with Gasteiger partial charge in [0.05, 0.1) is 31.2 Å². The second kappa shape index (κ2) is 10.1. The van der Waals surface area contributed by atoms with E-state index in [1.165, 1.54) is 4.90 Å². The molecule has 0 atom stereocenters. The lowest BCUT2D eigenvalue weighted by Crippen LogP contribution is -2.35. The number of nitriles is 1. The third-order valence-electron chi connectivity index (χ3n) is 4.07. The van der Waals surface area contributed by atoms with Crippen LogP contribution in [0.4, 0.5) is 5.69 Å². The molecule has 1 heterocycles. The first-order valence-electron chi connectivity index (χ1n) is 8.93. The summed E-state index contributed by atoms with van der Waals surface area (Å²) in [5.74, 6) is 0.275. The fraction of sp³-hybridized carbons (Fsp3) is 0.400. The zero-order valence-corrected chi connectivity index (χ0v) is 16.2. The Kier molecular flexibility index (Phi) is 7.57. The Morgan fingerprint density at radius 2 is 1.96 bits per heavy atom. The summed E-state index contributed by atoms with van der Waals surface area (Å²) in [7, 11) is 0. The molecule has 0 saturated carbocycles. The van der Waals surface area contributed by atoms with Gasteiger partial charge in [0, 0.05) is 17.8 Å². The van der Waals surface area contributed by atoms with Gasteiger partial charge in [0.15, 0.2) is 6.61 Å². The molecule has 0 aliphatic rings. The van der Waals surface area contributed by atoms with Crippen LogP contribution in [0.1, 0.15) is 30.4 Å². The monoisotopic (exact) mass is 385 g/mol. The molecule has 148 valence electrons. The second-order valence-electron chi connectivity index (χ2n) is 6.02. The summed E-state index contributed by atoms with van der Waals surface area (Å²) in [5, 5.41) is 12.7. The third-order valence-corrected chi connectivity index (χ3v) is 4.07. The normalized spacial score (nSPS) is 10.2. The fourth-order valence-electron chi connectivity index (χ4n) is 2.62. The molecule has 1 amide bonds. The number of anilines is 1. The highest BCUT2D eigenvalue weighted by molar-refractivity contribution is 5.95. The number of esters is 1. The van der Waals surface area contributed by atoms with Gasteiger partial charge >= 0.3 is 5.97 Å². The van der Waals surface area contributed by atoms with Crippen LogP contribution in [0.25, 0.3) is 0 Å². The van der Waals surface area contributed by atoms with E-state index in [1.807, 2.05) is 13.0 Å². The van der Waals surface area contributed by atoms with Gasteiger partial charge in [0.2, 0.25) is 0 Å². The minimum atomic E-state index is -0.547. The van der Waals surface area contributed by atoms with Crippen LogP contribution < -0.4 is 9.64 Å². The molecule has 0 unspecified atom stereocenters. The van der Waals surface area contributed by atoms with Crippen LogP contribution in [0.15, 0.2) is 28.8 Å². The van der Waals surface area contributed by atoms with E-state index in [-0.39, 0.29) is 19.4 Å². The molecule has 28 heavy (non-hydrogen) atoms. The smallest absolute Gasteiger partial charge is 0.310 e. The Morgan fingerprint density at radius 3 is 2.54 bits per heavy atom. The predicted molar refractivity (Wildman–Crippen MR) is 101 cm³/mol.